The molecule has 1 N–H and O–H groups in total. The molecule has 0 atom stereocenters. The van der Waals surface area contributed by atoms with E-state index in [-0.39, 0.29) is 12.7 Å². The highest BCUT2D eigenvalue weighted by molar-refractivity contribution is 6.03. The summed E-state index contributed by atoms with van der Waals surface area (Å²) in [6.45, 7) is 0.211. The molecule has 0 radical (unpaired) electrons. The zero-order valence-corrected chi connectivity index (χ0v) is 13.9. The Hall–Kier alpha value is -3.79. The molecule has 0 bridgehead atoms. The van der Waals surface area contributed by atoms with Gasteiger partial charge in [-0.3, -0.25) is 9.48 Å². The third-order valence-corrected chi connectivity index (χ3v) is 4.05. The minimum Gasteiger partial charge on any atom is -0.454 e. The van der Waals surface area contributed by atoms with E-state index < -0.39 is 0 Å². The van der Waals surface area contributed by atoms with E-state index >= 15 is 0 Å². The number of anilines is 1. The molecule has 4 rings (SSSR count). The Balaban J connectivity index is 1.57. The number of hydrogen-bond donors (Lipinski definition) is 1. The molecule has 128 valence electrons. The van der Waals surface area contributed by atoms with E-state index in [9.17, 15) is 4.79 Å². The summed E-state index contributed by atoms with van der Waals surface area (Å²) in [6.07, 6.45) is 0. The van der Waals surface area contributed by atoms with Crippen LogP contribution in [0.5, 0.6) is 11.5 Å². The van der Waals surface area contributed by atoms with Crippen molar-refractivity contribution in [3.05, 3.63) is 59.8 Å². The number of rotatable bonds is 3. The number of nitrogens with zero attached hydrogens (tertiary/aromatic N) is 3. The highest BCUT2D eigenvalue weighted by atomic mass is 16.7. The van der Waals surface area contributed by atoms with Crippen molar-refractivity contribution in [2.45, 2.75) is 0 Å². The van der Waals surface area contributed by atoms with Crippen molar-refractivity contribution < 1.29 is 14.3 Å². The van der Waals surface area contributed by atoms with Crippen LogP contribution in [0.4, 0.5) is 5.69 Å². The van der Waals surface area contributed by atoms with E-state index in [1.807, 2.05) is 24.3 Å². The highest BCUT2D eigenvalue weighted by Gasteiger charge is 2.18. The zero-order chi connectivity index (χ0) is 18.1. The van der Waals surface area contributed by atoms with E-state index in [1.54, 1.807) is 42.1 Å². The summed E-state index contributed by atoms with van der Waals surface area (Å²) in [5.74, 6) is 1.05. The summed E-state index contributed by atoms with van der Waals surface area (Å²) in [5.41, 5.74) is 3.09. The third kappa shape index (κ3) is 2.84. The van der Waals surface area contributed by atoms with Crippen LogP contribution in [0.1, 0.15) is 16.1 Å². The van der Waals surface area contributed by atoms with Gasteiger partial charge in [0, 0.05) is 18.3 Å². The quantitative estimate of drug-likeness (QED) is 0.787. The summed E-state index contributed by atoms with van der Waals surface area (Å²) in [5, 5.41) is 15.9. The van der Waals surface area contributed by atoms with Gasteiger partial charge in [-0.25, -0.2) is 0 Å². The Morgan fingerprint density at radius 2 is 1.92 bits per heavy atom. The van der Waals surface area contributed by atoms with Crippen LogP contribution >= 0.6 is 0 Å². The van der Waals surface area contributed by atoms with E-state index in [2.05, 4.69) is 10.4 Å². The van der Waals surface area contributed by atoms with Gasteiger partial charge in [0.15, 0.2) is 17.2 Å². The molecule has 1 aromatic heterocycles. The van der Waals surface area contributed by atoms with Crippen LogP contribution in [0.15, 0.2) is 48.5 Å². The number of benzene rings is 2. The molecular weight excluding hydrogens is 332 g/mol. The maximum Gasteiger partial charge on any atom is 0.276 e. The van der Waals surface area contributed by atoms with E-state index in [0.717, 1.165) is 11.3 Å². The number of amides is 1. The Bertz CT molecular complexity index is 1030. The third-order valence-electron chi connectivity index (χ3n) is 4.05. The first kappa shape index (κ1) is 15.7. The van der Waals surface area contributed by atoms with Crippen molar-refractivity contribution in [3.8, 4) is 28.8 Å². The van der Waals surface area contributed by atoms with Crippen LogP contribution in [-0.2, 0) is 7.05 Å². The molecule has 0 fully saturated rings. The Labute approximate surface area is 149 Å². The van der Waals surface area contributed by atoms with Crippen molar-refractivity contribution in [2.24, 2.45) is 7.05 Å². The van der Waals surface area contributed by atoms with Crippen LogP contribution in [0.25, 0.3) is 11.3 Å². The Kier molecular flexibility index (Phi) is 3.78. The predicted octanol–water partition coefficient (Wildman–Crippen LogP) is 2.94. The van der Waals surface area contributed by atoms with Crippen molar-refractivity contribution in [1.29, 1.82) is 5.26 Å². The number of hydrogen-bond acceptors (Lipinski definition) is 5. The van der Waals surface area contributed by atoms with Gasteiger partial charge in [-0.2, -0.15) is 10.4 Å². The van der Waals surface area contributed by atoms with Crippen LogP contribution in [0.2, 0.25) is 0 Å². The molecule has 0 saturated carbocycles. The van der Waals surface area contributed by atoms with Crippen molar-refractivity contribution in [2.75, 3.05) is 12.1 Å². The smallest absolute Gasteiger partial charge is 0.276 e. The predicted molar refractivity (Wildman–Crippen MR) is 93.9 cm³/mol. The van der Waals surface area contributed by atoms with Crippen molar-refractivity contribution in [3.63, 3.8) is 0 Å². The molecule has 3 aromatic rings. The minimum absolute atomic E-state index is 0.211. The molecule has 1 amide bonds. The maximum atomic E-state index is 12.5. The van der Waals surface area contributed by atoms with Gasteiger partial charge in [0.05, 0.1) is 17.3 Å². The lowest BCUT2D eigenvalue weighted by atomic mass is 10.1. The summed E-state index contributed by atoms with van der Waals surface area (Å²) in [4.78, 5) is 12.5. The van der Waals surface area contributed by atoms with Crippen LogP contribution in [0, 0.1) is 11.3 Å². The second-order valence-corrected chi connectivity index (χ2v) is 5.75. The topological polar surface area (TPSA) is 89.2 Å². The lowest BCUT2D eigenvalue weighted by molar-refractivity contribution is 0.102. The fraction of sp³-hybridized carbons (Fsp3) is 0.105. The van der Waals surface area contributed by atoms with Gasteiger partial charge in [-0.1, -0.05) is 0 Å². The minimum atomic E-state index is -0.322. The number of aromatic nitrogens is 2. The van der Waals surface area contributed by atoms with Gasteiger partial charge < -0.3 is 14.8 Å². The molecule has 2 heterocycles. The second kappa shape index (κ2) is 6.26. The van der Waals surface area contributed by atoms with E-state index in [4.69, 9.17) is 14.7 Å². The maximum absolute atomic E-state index is 12.5. The first-order chi connectivity index (χ1) is 12.6. The van der Waals surface area contributed by atoms with Gasteiger partial charge in [-0.05, 0) is 48.5 Å². The first-order valence-electron chi connectivity index (χ1n) is 7.89. The Morgan fingerprint density at radius 3 is 2.69 bits per heavy atom. The first-order valence-corrected chi connectivity index (χ1v) is 7.89. The number of aryl methyl sites for hydroxylation is 1. The lowest BCUT2D eigenvalue weighted by Crippen LogP contribution is -2.12. The number of carbonyl (C=O) groups excluding carboxylic acids is 1. The molecule has 0 unspecified atom stereocenters. The number of ether oxygens (including phenoxy) is 2. The number of nitrogens with one attached hydrogen (secondary N) is 1. The summed E-state index contributed by atoms with van der Waals surface area (Å²) in [7, 11) is 1.78. The fourth-order valence-corrected chi connectivity index (χ4v) is 2.73. The summed E-state index contributed by atoms with van der Waals surface area (Å²) in [6, 6.07) is 16.0. The Morgan fingerprint density at radius 1 is 1.15 bits per heavy atom. The van der Waals surface area contributed by atoms with Gasteiger partial charge in [0.25, 0.3) is 5.91 Å². The summed E-state index contributed by atoms with van der Waals surface area (Å²) < 4.78 is 12.4. The molecule has 7 heteroatoms. The van der Waals surface area contributed by atoms with E-state index in [0.29, 0.717) is 28.4 Å². The summed E-state index contributed by atoms with van der Waals surface area (Å²) >= 11 is 0. The van der Waals surface area contributed by atoms with Crippen LogP contribution in [0.3, 0.4) is 0 Å². The molecule has 26 heavy (non-hydrogen) atoms. The van der Waals surface area contributed by atoms with E-state index in [1.165, 1.54) is 0 Å². The standard InChI is InChI=1S/C19H14N4O3/c1-23-16(13-4-7-17-18(8-13)26-11-25-17)9-15(22-23)19(24)21-14-5-2-12(10-20)3-6-14/h2-9H,11H2,1H3,(H,21,24). The average molecular weight is 346 g/mol. The monoisotopic (exact) mass is 346 g/mol. The van der Waals surface area contributed by atoms with Crippen LogP contribution in [-0.4, -0.2) is 22.5 Å². The zero-order valence-electron chi connectivity index (χ0n) is 13.9. The van der Waals surface area contributed by atoms with Gasteiger partial charge >= 0.3 is 0 Å². The van der Waals surface area contributed by atoms with Crippen molar-refractivity contribution in [1.82, 2.24) is 9.78 Å². The molecule has 0 saturated heterocycles. The van der Waals surface area contributed by atoms with Gasteiger partial charge in [0.2, 0.25) is 6.79 Å². The van der Waals surface area contributed by atoms with Gasteiger partial charge in [0.1, 0.15) is 0 Å². The number of fused-ring (bicyclic) bond motifs is 1. The average Bonchev–Trinajstić information content (AvgIpc) is 3.28. The van der Waals surface area contributed by atoms with Crippen LogP contribution < -0.4 is 14.8 Å². The van der Waals surface area contributed by atoms with Crippen molar-refractivity contribution >= 4 is 11.6 Å². The normalized spacial score (nSPS) is 11.8. The number of carbonyl (C=O) groups is 1. The molecule has 7 nitrogen and oxygen atoms in total. The molecule has 0 spiro atoms. The largest absolute Gasteiger partial charge is 0.454 e. The van der Waals surface area contributed by atoms with Gasteiger partial charge in [-0.15, -0.1) is 0 Å². The fourth-order valence-electron chi connectivity index (χ4n) is 2.73. The molecule has 0 aliphatic carbocycles. The molecule has 1 aliphatic heterocycles. The molecule has 1 aliphatic rings. The molecular formula is C19H14N4O3. The lowest BCUT2D eigenvalue weighted by Gasteiger charge is -2.03. The number of nitriles is 1. The molecule has 2 aromatic carbocycles. The highest BCUT2D eigenvalue weighted by Crippen LogP contribution is 2.35. The SMILES string of the molecule is Cn1nc(C(=O)Nc2ccc(C#N)cc2)cc1-c1ccc2c(c1)OCO2. The second-order valence-electron chi connectivity index (χ2n) is 5.75.